The zero-order valence-electron chi connectivity index (χ0n) is 9.87. The number of aliphatic hydroxyl groups excluding tert-OH is 1. The average Bonchev–Trinajstić information content (AvgIpc) is 1.97. The molecule has 1 rings (SSSR count). The molecule has 0 aliphatic heterocycles. The Bertz CT molecular complexity index is 294. The molecule has 2 N–H and O–H groups in total. The topological polar surface area (TPSA) is 57.5 Å². The summed E-state index contributed by atoms with van der Waals surface area (Å²) in [5.74, 6) is 0.0320. The summed E-state index contributed by atoms with van der Waals surface area (Å²) in [6.45, 7) is 7.08. The molecule has 1 unspecified atom stereocenters. The molecule has 0 fully saturated rings. The minimum absolute atomic E-state index is 0.0320. The SMILES string of the molecule is CC1(C)CC(=O)C=C(C(O)C(C)(C)O)C1. The summed E-state index contributed by atoms with van der Waals surface area (Å²) in [4.78, 5) is 11.5. The van der Waals surface area contributed by atoms with E-state index in [1.807, 2.05) is 13.8 Å². The van der Waals surface area contributed by atoms with Crippen molar-refractivity contribution in [1.82, 2.24) is 0 Å². The van der Waals surface area contributed by atoms with E-state index in [0.717, 1.165) is 0 Å². The highest BCUT2D eigenvalue weighted by Gasteiger charge is 2.35. The van der Waals surface area contributed by atoms with Crippen molar-refractivity contribution in [3.63, 3.8) is 0 Å². The summed E-state index contributed by atoms with van der Waals surface area (Å²) in [6.07, 6.45) is 1.69. The molecule has 0 saturated heterocycles. The molecule has 1 atom stereocenters. The fourth-order valence-electron chi connectivity index (χ4n) is 2.02. The van der Waals surface area contributed by atoms with Gasteiger partial charge in [0.25, 0.3) is 0 Å². The second-order valence-electron chi connectivity index (χ2n) is 5.76. The first kappa shape index (κ1) is 12.4. The van der Waals surface area contributed by atoms with Crippen LogP contribution in [-0.4, -0.2) is 27.7 Å². The normalized spacial score (nSPS) is 23.6. The van der Waals surface area contributed by atoms with Gasteiger partial charge in [0.2, 0.25) is 0 Å². The zero-order valence-corrected chi connectivity index (χ0v) is 9.87. The van der Waals surface area contributed by atoms with E-state index in [4.69, 9.17) is 0 Å². The van der Waals surface area contributed by atoms with Crippen molar-refractivity contribution in [1.29, 1.82) is 0 Å². The lowest BCUT2D eigenvalue weighted by Crippen LogP contribution is -2.40. The van der Waals surface area contributed by atoms with Gasteiger partial charge in [0, 0.05) is 6.42 Å². The highest BCUT2D eigenvalue weighted by atomic mass is 16.3. The molecule has 0 saturated carbocycles. The number of carbonyl (C=O) groups is 1. The van der Waals surface area contributed by atoms with E-state index < -0.39 is 11.7 Å². The summed E-state index contributed by atoms with van der Waals surface area (Å²) in [5, 5.41) is 19.6. The van der Waals surface area contributed by atoms with Gasteiger partial charge >= 0.3 is 0 Å². The summed E-state index contributed by atoms with van der Waals surface area (Å²) in [5.41, 5.74) is -0.670. The molecule has 1 aliphatic carbocycles. The van der Waals surface area contributed by atoms with Crippen LogP contribution in [-0.2, 0) is 4.79 Å². The minimum atomic E-state index is -1.19. The number of ketones is 1. The van der Waals surface area contributed by atoms with Gasteiger partial charge < -0.3 is 10.2 Å². The zero-order chi connectivity index (χ0) is 11.9. The van der Waals surface area contributed by atoms with E-state index in [1.165, 1.54) is 6.08 Å². The molecule has 86 valence electrons. The second-order valence-corrected chi connectivity index (χ2v) is 5.76. The van der Waals surface area contributed by atoms with Gasteiger partial charge in [-0.25, -0.2) is 0 Å². The quantitative estimate of drug-likeness (QED) is 0.728. The van der Waals surface area contributed by atoms with Crippen molar-refractivity contribution in [3.05, 3.63) is 11.6 Å². The summed E-state index contributed by atoms with van der Waals surface area (Å²) in [7, 11) is 0. The van der Waals surface area contributed by atoms with Crippen LogP contribution >= 0.6 is 0 Å². The van der Waals surface area contributed by atoms with E-state index in [2.05, 4.69) is 0 Å². The standard InChI is InChI=1S/C12H20O3/c1-11(2)6-8(5-9(13)7-11)10(14)12(3,4)15/h5,10,14-15H,6-7H2,1-4H3. The Morgan fingerprint density at radius 2 is 1.93 bits per heavy atom. The highest BCUT2D eigenvalue weighted by Crippen LogP contribution is 2.36. The van der Waals surface area contributed by atoms with E-state index in [1.54, 1.807) is 13.8 Å². The third kappa shape index (κ3) is 3.14. The van der Waals surface area contributed by atoms with Crippen molar-refractivity contribution in [2.75, 3.05) is 0 Å². The van der Waals surface area contributed by atoms with Crippen LogP contribution in [0.2, 0.25) is 0 Å². The molecule has 0 radical (unpaired) electrons. The Morgan fingerprint density at radius 1 is 1.40 bits per heavy atom. The lowest BCUT2D eigenvalue weighted by Gasteiger charge is -2.34. The maximum Gasteiger partial charge on any atom is 0.156 e. The fraction of sp³-hybridized carbons (Fsp3) is 0.750. The summed E-state index contributed by atoms with van der Waals surface area (Å²) in [6, 6.07) is 0. The maximum absolute atomic E-state index is 11.5. The first-order valence-corrected chi connectivity index (χ1v) is 5.25. The van der Waals surface area contributed by atoms with Crippen LogP contribution in [0.1, 0.15) is 40.5 Å². The van der Waals surface area contributed by atoms with Crippen molar-refractivity contribution >= 4 is 5.78 Å². The van der Waals surface area contributed by atoms with Gasteiger partial charge in [0.05, 0.1) is 5.60 Å². The fourth-order valence-corrected chi connectivity index (χ4v) is 2.02. The van der Waals surface area contributed by atoms with Gasteiger partial charge in [0.1, 0.15) is 6.10 Å². The number of rotatable bonds is 2. The van der Waals surface area contributed by atoms with Gasteiger partial charge in [-0.05, 0) is 37.3 Å². The van der Waals surface area contributed by atoms with Crippen molar-refractivity contribution in [2.24, 2.45) is 5.41 Å². The molecule has 0 amide bonds. The smallest absolute Gasteiger partial charge is 0.156 e. The molecule has 0 aromatic heterocycles. The predicted octanol–water partition coefficient (Wildman–Crippen LogP) is 1.43. The Hall–Kier alpha value is -0.670. The van der Waals surface area contributed by atoms with Crippen molar-refractivity contribution < 1.29 is 15.0 Å². The minimum Gasteiger partial charge on any atom is -0.387 e. The van der Waals surface area contributed by atoms with Gasteiger partial charge in [-0.3, -0.25) is 4.79 Å². The Labute approximate surface area is 90.8 Å². The average molecular weight is 212 g/mol. The molecule has 0 aromatic rings. The summed E-state index contributed by atoms with van der Waals surface area (Å²) >= 11 is 0. The van der Waals surface area contributed by atoms with E-state index in [-0.39, 0.29) is 11.2 Å². The predicted molar refractivity (Wildman–Crippen MR) is 58.4 cm³/mol. The monoisotopic (exact) mass is 212 g/mol. The lowest BCUT2D eigenvalue weighted by molar-refractivity contribution is -0.117. The number of hydrogen-bond donors (Lipinski definition) is 2. The Morgan fingerprint density at radius 3 is 2.33 bits per heavy atom. The molecular weight excluding hydrogens is 192 g/mol. The Kier molecular flexibility index (Phi) is 3.08. The maximum atomic E-state index is 11.5. The van der Waals surface area contributed by atoms with Crippen LogP contribution in [0.5, 0.6) is 0 Å². The number of aliphatic hydroxyl groups is 2. The van der Waals surface area contributed by atoms with E-state index in [9.17, 15) is 15.0 Å². The molecule has 0 spiro atoms. The number of hydrogen-bond acceptors (Lipinski definition) is 3. The summed E-state index contributed by atoms with van der Waals surface area (Å²) < 4.78 is 0. The van der Waals surface area contributed by atoms with Crippen LogP contribution < -0.4 is 0 Å². The third-order valence-electron chi connectivity index (χ3n) is 2.70. The van der Waals surface area contributed by atoms with Crippen LogP contribution in [0.25, 0.3) is 0 Å². The largest absolute Gasteiger partial charge is 0.387 e. The van der Waals surface area contributed by atoms with Crippen LogP contribution in [0.3, 0.4) is 0 Å². The molecule has 3 nitrogen and oxygen atoms in total. The molecule has 0 bridgehead atoms. The molecule has 15 heavy (non-hydrogen) atoms. The Balaban J connectivity index is 2.92. The van der Waals surface area contributed by atoms with Gasteiger partial charge in [0.15, 0.2) is 5.78 Å². The molecule has 1 aliphatic rings. The molecule has 0 heterocycles. The van der Waals surface area contributed by atoms with E-state index in [0.29, 0.717) is 18.4 Å². The van der Waals surface area contributed by atoms with E-state index >= 15 is 0 Å². The van der Waals surface area contributed by atoms with Crippen molar-refractivity contribution in [3.8, 4) is 0 Å². The van der Waals surface area contributed by atoms with Crippen molar-refractivity contribution in [2.45, 2.75) is 52.2 Å². The first-order valence-electron chi connectivity index (χ1n) is 5.25. The van der Waals surface area contributed by atoms with Crippen LogP contribution in [0, 0.1) is 5.41 Å². The van der Waals surface area contributed by atoms with Gasteiger partial charge in [-0.2, -0.15) is 0 Å². The molecular formula is C12H20O3. The molecule has 3 heteroatoms. The number of allylic oxidation sites excluding steroid dienone is 1. The number of carbonyl (C=O) groups excluding carboxylic acids is 1. The lowest BCUT2D eigenvalue weighted by atomic mass is 9.73. The highest BCUT2D eigenvalue weighted by molar-refractivity contribution is 5.92. The van der Waals surface area contributed by atoms with Crippen LogP contribution in [0.15, 0.2) is 11.6 Å². The van der Waals surface area contributed by atoms with Crippen LogP contribution in [0.4, 0.5) is 0 Å². The second kappa shape index (κ2) is 3.72. The molecule has 0 aromatic carbocycles. The van der Waals surface area contributed by atoms with Gasteiger partial charge in [-0.15, -0.1) is 0 Å². The third-order valence-corrected chi connectivity index (χ3v) is 2.70. The van der Waals surface area contributed by atoms with Gasteiger partial charge in [-0.1, -0.05) is 13.8 Å². The first-order chi connectivity index (χ1) is 6.62.